The quantitative estimate of drug-likeness (QED) is 0.234. The van der Waals surface area contributed by atoms with Crippen molar-refractivity contribution >= 4 is 0 Å². The third-order valence-electron chi connectivity index (χ3n) is 0.485. The molecule has 16 heteroatoms. The van der Waals surface area contributed by atoms with Gasteiger partial charge in [-0.1, -0.05) is 0 Å². The van der Waals surface area contributed by atoms with E-state index in [1.165, 1.54) is 0 Å². The third kappa shape index (κ3) is 9.90. The van der Waals surface area contributed by atoms with Gasteiger partial charge in [-0.25, -0.2) is 0 Å². The van der Waals surface area contributed by atoms with E-state index in [1.807, 2.05) is 0 Å². The minimum atomic E-state index is -9.22. The Morgan fingerprint density at radius 1 is 0.562 bits per heavy atom. The molecule has 0 atom stereocenters. The average Bonchev–Trinajstić information content (AvgIpc) is 0.980. The third-order valence-corrected chi connectivity index (χ3v) is 21.8. The second-order valence-electron chi connectivity index (χ2n) is 2.07. The van der Waals surface area contributed by atoms with Crippen molar-refractivity contribution in [3.05, 3.63) is 0 Å². The van der Waals surface area contributed by atoms with Gasteiger partial charge in [-0.3, -0.25) is 0 Å². The van der Waals surface area contributed by atoms with Gasteiger partial charge in [-0.2, -0.15) is 0 Å². The molecule has 1 rings (SSSR count). The van der Waals surface area contributed by atoms with E-state index < -0.39 is 36.3 Å². The Labute approximate surface area is 180 Å². The van der Waals surface area contributed by atoms with Crippen molar-refractivity contribution in [1.82, 2.24) is 0 Å². The molecule has 0 radical (unpaired) electrons. The molecule has 1 aliphatic heterocycles. The van der Waals surface area contributed by atoms with Gasteiger partial charge in [0, 0.05) is 0 Å². The maximum atomic E-state index is 10.0. The molecular weight excluding hydrogens is 506 g/mol. The van der Waals surface area contributed by atoms with Crippen LogP contribution in [0.1, 0.15) is 0 Å². The molecule has 1 saturated heterocycles. The van der Waals surface area contributed by atoms with E-state index in [1.54, 1.807) is 0 Å². The molecule has 1 heterocycles. The molecule has 0 amide bonds. The van der Waals surface area contributed by atoms with E-state index in [0.717, 1.165) is 0 Å². The van der Waals surface area contributed by atoms with Crippen molar-refractivity contribution < 1.29 is 185 Å². The summed E-state index contributed by atoms with van der Waals surface area (Å²) in [7, 11) is 0. The van der Waals surface area contributed by atoms with Crippen LogP contribution in [0.2, 0.25) is 0 Å². The van der Waals surface area contributed by atoms with Crippen LogP contribution < -0.4 is 175 Å². The molecule has 10 nitrogen and oxygen atoms in total. The molecule has 0 bridgehead atoms. The first-order valence-corrected chi connectivity index (χ1v) is 12.6. The van der Waals surface area contributed by atoms with E-state index in [2.05, 4.69) is 2.79 Å². The van der Waals surface area contributed by atoms with Crippen molar-refractivity contribution in [3.8, 4) is 0 Å². The first-order valence-electron chi connectivity index (χ1n) is 1.88. The van der Waals surface area contributed by atoms with Crippen LogP contribution in [0.4, 0.5) is 0 Å². The van der Waals surface area contributed by atoms with Crippen LogP contribution in [0.3, 0.4) is 0 Å². The van der Waals surface area contributed by atoms with E-state index in [-0.39, 0.29) is 118 Å². The molecule has 0 saturated carbocycles. The number of rotatable bonds is 0. The van der Waals surface area contributed by atoms with Gasteiger partial charge in [0.2, 0.25) is 0 Å². The normalized spacial score (nSPS) is 40.5. The monoisotopic (exact) mass is 508 g/mol. The molecule has 80 valence electrons. The molecular formula is H2I2Na4O10. The van der Waals surface area contributed by atoms with Gasteiger partial charge in [0.15, 0.2) is 0 Å². The zero-order chi connectivity index (χ0) is 10.2. The fraction of sp³-hybridized carbons (Fsp3) is 0. The predicted molar refractivity (Wildman–Crippen MR) is 6.61 cm³/mol. The molecule has 1 fully saturated rings. The summed E-state index contributed by atoms with van der Waals surface area (Å²) in [5.74, 6) is 0. The van der Waals surface area contributed by atoms with Crippen LogP contribution in [0.5, 0.6) is 0 Å². The fourth-order valence-corrected chi connectivity index (χ4v) is 22.9. The van der Waals surface area contributed by atoms with Gasteiger partial charge in [-0.05, 0) is 0 Å². The maximum absolute atomic E-state index is 10.0. The standard InChI is InChI=1S/H2I2O10.4Na/c3-1(4,5,6)11-2(7,8,9,10)12-1;;;;/h3,7H;;;;/q-4;4*+1. The van der Waals surface area contributed by atoms with Gasteiger partial charge in [0.25, 0.3) is 0 Å². The van der Waals surface area contributed by atoms with Crippen molar-refractivity contribution in [2.45, 2.75) is 0 Å². The van der Waals surface area contributed by atoms with E-state index in [0.29, 0.717) is 0 Å². The summed E-state index contributed by atoms with van der Waals surface area (Å²) in [6.45, 7) is 0. The molecule has 16 heavy (non-hydrogen) atoms. The summed E-state index contributed by atoms with van der Waals surface area (Å²) in [5, 5.41) is 0. The summed E-state index contributed by atoms with van der Waals surface area (Å²) in [4.78, 5) is 0. The average molecular weight is 508 g/mol. The van der Waals surface area contributed by atoms with Crippen LogP contribution in [0.25, 0.3) is 0 Å². The SMILES string of the molecule is [Na+].[Na+].[Na+].[Na+].[O-][I+]1([O-])([O-])(O)O[I+]([O-])([O-])([O-])(O)O1. The Bertz CT molecular complexity index is 230. The molecule has 0 aromatic carbocycles. The summed E-state index contributed by atoms with van der Waals surface area (Å²) in [6, 6.07) is 0. The minimum absolute atomic E-state index is 0. The zero-order valence-electron chi connectivity index (χ0n) is 8.92. The van der Waals surface area contributed by atoms with Gasteiger partial charge in [0.05, 0.1) is 0 Å². The summed E-state index contributed by atoms with van der Waals surface area (Å²) in [6.07, 6.45) is 0. The van der Waals surface area contributed by atoms with Crippen molar-refractivity contribution in [2.24, 2.45) is 0 Å². The fourth-order valence-electron chi connectivity index (χ4n) is 0.509. The summed E-state index contributed by atoms with van der Waals surface area (Å²) >= 11 is -18.4. The summed E-state index contributed by atoms with van der Waals surface area (Å²) < 4.78 is 80.1. The number of hydrogen-bond acceptors (Lipinski definition) is 10. The van der Waals surface area contributed by atoms with Gasteiger partial charge in [0.1, 0.15) is 0 Å². The Balaban J connectivity index is -0.000000180. The zero-order valence-corrected chi connectivity index (χ0v) is 21.2. The van der Waals surface area contributed by atoms with Crippen LogP contribution in [-0.2, 0) is 2.79 Å². The molecule has 1 aliphatic rings. The van der Waals surface area contributed by atoms with E-state index in [4.69, 9.17) is 6.87 Å². The first kappa shape index (κ1) is 29.1. The van der Waals surface area contributed by atoms with Gasteiger partial charge in [-0.15, -0.1) is 0 Å². The Hall–Kier alpha value is 5.06. The molecule has 0 unspecified atom stereocenters. The molecule has 2 N–H and O–H groups in total. The summed E-state index contributed by atoms with van der Waals surface area (Å²) in [5.41, 5.74) is 0. The topological polar surface area (TPSA) is 197 Å². The molecule has 0 aromatic rings. The van der Waals surface area contributed by atoms with Crippen molar-refractivity contribution in [3.63, 3.8) is 0 Å². The van der Waals surface area contributed by atoms with Gasteiger partial charge >= 0.3 is 185 Å². The number of halogens is 2. The van der Waals surface area contributed by atoms with Crippen LogP contribution in [-0.4, -0.2) is 6.87 Å². The van der Waals surface area contributed by atoms with E-state index >= 15 is 0 Å². The van der Waals surface area contributed by atoms with Crippen molar-refractivity contribution in [1.29, 1.82) is 0 Å². The van der Waals surface area contributed by atoms with E-state index in [9.17, 15) is 20.6 Å². The molecule has 0 spiro atoms. The molecule has 0 aliphatic carbocycles. The Kier molecular flexibility index (Phi) is 9.66. The predicted octanol–water partition coefficient (Wildman–Crippen LogP) is -26.4. The number of hydrogen-bond donors (Lipinski definition) is 2. The second-order valence-corrected chi connectivity index (χ2v) is 18.3. The Morgan fingerprint density at radius 2 is 0.688 bits per heavy atom. The van der Waals surface area contributed by atoms with Crippen LogP contribution >= 0.6 is 0 Å². The second kappa shape index (κ2) is 5.31. The van der Waals surface area contributed by atoms with Crippen LogP contribution in [0.15, 0.2) is 0 Å². The molecule has 0 aromatic heterocycles. The van der Waals surface area contributed by atoms with Crippen LogP contribution in [0, 0.1) is 0 Å². The first-order chi connectivity index (χ1) is 4.42. The van der Waals surface area contributed by atoms with Crippen molar-refractivity contribution in [2.75, 3.05) is 0 Å². The van der Waals surface area contributed by atoms with Gasteiger partial charge < -0.3 is 0 Å². The Morgan fingerprint density at radius 3 is 0.688 bits per heavy atom.